The van der Waals surface area contributed by atoms with Crippen molar-refractivity contribution in [1.82, 2.24) is 10.2 Å². The molecule has 2 heterocycles. The highest BCUT2D eigenvalue weighted by molar-refractivity contribution is 6.63. The summed E-state index contributed by atoms with van der Waals surface area (Å²) in [7, 11) is 1.12. The Hall–Kier alpha value is -1.14. The molecule has 1 saturated heterocycles. The van der Waals surface area contributed by atoms with Crippen LogP contribution < -0.4 is 10.2 Å². The molecule has 0 amide bonds. The second-order valence-corrected chi connectivity index (χ2v) is 5.10. The van der Waals surface area contributed by atoms with E-state index in [9.17, 15) is 0 Å². The van der Waals surface area contributed by atoms with Crippen molar-refractivity contribution in [1.29, 1.82) is 0 Å². The summed E-state index contributed by atoms with van der Waals surface area (Å²) in [5.74, 6) is 0.624. The van der Waals surface area contributed by atoms with Crippen LogP contribution >= 0.6 is 0 Å². The summed E-state index contributed by atoms with van der Waals surface area (Å²) in [5.41, 5.74) is 0.0268. The van der Waals surface area contributed by atoms with E-state index >= 15 is 0 Å². The zero-order chi connectivity index (χ0) is 12.7. The minimum atomic E-state index is -0.467. The lowest BCUT2D eigenvalue weighted by atomic mass is 9.80. The third-order valence-corrected chi connectivity index (χ3v) is 3.45. The molecule has 1 fully saturated rings. The molecule has 2 rings (SSSR count). The van der Waals surface area contributed by atoms with Gasteiger partial charge in [-0.25, -0.2) is 0 Å². The summed E-state index contributed by atoms with van der Waals surface area (Å²) in [4.78, 5) is 0. The molecule has 17 heavy (non-hydrogen) atoms. The van der Waals surface area contributed by atoms with Crippen LogP contribution in [-0.4, -0.2) is 35.6 Å². The number of ether oxygens (including phenoxy) is 1. The van der Waals surface area contributed by atoms with Crippen molar-refractivity contribution in [3.63, 3.8) is 0 Å². The molecule has 1 aromatic heterocycles. The van der Waals surface area contributed by atoms with Gasteiger partial charge in [-0.15, -0.1) is 0 Å². The molecule has 1 aromatic rings. The molecular weight excluding hydrogens is 219 g/mol. The number of nitrogens with zero attached hydrogens (tertiary/aromatic N) is 2. The van der Waals surface area contributed by atoms with Crippen molar-refractivity contribution < 1.29 is 14.0 Å². The molecule has 0 spiro atoms. The molecule has 0 unspecified atom stereocenters. The van der Waals surface area contributed by atoms with Gasteiger partial charge < -0.3 is 14.0 Å². The highest BCUT2D eigenvalue weighted by Gasteiger charge is 2.52. The predicted octanol–water partition coefficient (Wildman–Crippen LogP) is 0.784. The zero-order valence-corrected chi connectivity index (χ0v) is 10.9. The van der Waals surface area contributed by atoms with E-state index in [2.05, 4.69) is 10.2 Å². The van der Waals surface area contributed by atoms with Gasteiger partial charge in [0.25, 0.3) is 0 Å². The molecule has 0 N–H and O–H groups in total. The van der Waals surface area contributed by atoms with Gasteiger partial charge in [-0.3, -0.25) is 0 Å². The third-order valence-electron chi connectivity index (χ3n) is 3.45. The summed E-state index contributed by atoms with van der Waals surface area (Å²) >= 11 is 0. The van der Waals surface area contributed by atoms with E-state index in [4.69, 9.17) is 14.0 Å². The molecule has 1 aliphatic heterocycles. The monoisotopic (exact) mass is 236 g/mol. The van der Waals surface area contributed by atoms with Crippen molar-refractivity contribution in [2.45, 2.75) is 38.9 Å². The summed E-state index contributed by atoms with van der Waals surface area (Å²) in [6, 6.07) is 0. The fourth-order valence-corrected chi connectivity index (χ4v) is 1.64. The lowest BCUT2D eigenvalue weighted by Gasteiger charge is -2.32. The van der Waals surface area contributed by atoms with E-state index in [-0.39, 0.29) is 11.2 Å². The minimum Gasteiger partial charge on any atom is -0.495 e. The second kappa shape index (κ2) is 3.96. The van der Waals surface area contributed by atoms with E-state index in [1.165, 1.54) is 0 Å². The van der Waals surface area contributed by atoms with E-state index in [1.54, 1.807) is 19.5 Å². The number of methoxy groups -OCH3 is 1. The van der Waals surface area contributed by atoms with Crippen LogP contribution in [0, 0.1) is 0 Å². The third kappa shape index (κ3) is 2.02. The van der Waals surface area contributed by atoms with Gasteiger partial charge in [0.1, 0.15) is 5.75 Å². The van der Waals surface area contributed by atoms with Crippen LogP contribution in [0.3, 0.4) is 0 Å². The quantitative estimate of drug-likeness (QED) is 0.710. The maximum Gasteiger partial charge on any atom is 0.500 e. The van der Waals surface area contributed by atoms with Crippen LogP contribution in [0.5, 0.6) is 5.75 Å². The smallest absolute Gasteiger partial charge is 0.495 e. The van der Waals surface area contributed by atoms with Gasteiger partial charge in [0, 0.05) is 5.46 Å². The Bertz CT molecular complexity index is 407. The lowest BCUT2D eigenvalue weighted by Crippen LogP contribution is -2.41. The Morgan fingerprint density at radius 2 is 1.59 bits per heavy atom. The molecule has 92 valence electrons. The van der Waals surface area contributed by atoms with Crippen molar-refractivity contribution >= 4 is 12.6 Å². The maximum absolute atomic E-state index is 5.92. The summed E-state index contributed by atoms with van der Waals surface area (Å²) in [6.07, 6.45) is 3.17. The Morgan fingerprint density at radius 1 is 1.06 bits per heavy atom. The lowest BCUT2D eigenvalue weighted by molar-refractivity contribution is 0.00578. The zero-order valence-electron chi connectivity index (χ0n) is 10.9. The highest BCUT2D eigenvalue weighted by Crippen LogP contribution is 2.36. The first-order valence-electron chi connectivity index (χ1n) is 5.57. The van der Waals surface area contributed by atoms with Crippen molar-refractivity contribution in [3.05, 3.63) is 12.4 Å². The Balaban J connectivity index is 2.32. The summed E-state index contributed by atoms with van der Waals surface area (Å²) in [6.45, 7) is 8.03. The molecule has 5 nitrogen and oxygen atoms in total. The fraction of sp³-hybridized carbons (Fsp3) is 0.636. The fourth-order valence-electron chi connectivity index (χ4n) is 1.64. The van der Waals surface area contributed by atoms with Crippen molar-refractivity contribution in [2.75, 3.05) is 7.11 Å². The molecular formula is C11H17BN2O3. The van der Waals surface area contributed by atoms with E-state index in [0.717, 1.165) is 5.46 Å². The van der Waals surface area contributed by atoms with Gasteiger partial charge >= 0.3 is 7.12 Å². The number of hydrogen-bond donors (Lipinski definition) is 0. The summed E-state index contributed by atoms with van der Waals surface area (Å²) < 4.78 is 17.1. The first kappa shape index (κ1) is 12.3. The van der Waals surface area contributed by atoms with Crippen molar-refractivity contribution in [3.8, 4) is 5.75 Å². The molecule has 0 radical (unpaired) electrons. The van der Waals surface area contributed by atoms with E-state index in [0.29, 0.717) is 5.75 Å². The van der Waals surface area contributed by atoms with Gasteiger partial charge in [-0.2, -0.15) is 10.2 Å². The molecule has 1 aliphatic rings. The molecule has 0 aromatic carbocycles. The number of rotatable bonds is 2. The van der Waals surface area contributed by atoms with Crippen LogP contribution in [0.25, 0.3) is 0 Å². The molecule has 0 saturated carbocycles. The van der Waals surface area contributed by atoms with Crippen LogP contribution in [-0.2, 0) is 9.31 Å². The maximum atomic E-state index is 5.92. The topological polar surface area (TPSA) is 53.5 Å². The van der Waals surface area contributed by atoms with Gasteiger partial charge in [0.05, 0.1) is 30.7 Å². The number of aromatic nitrogens is 2. The van der Waals surface area contributed by atoms with Gasteiger partial charge in [-0.05, 0) is 27.7 Å². The predicted molar refractivity (Wildman–Crippen MR) is 64.3 cm³/mol. The van der Waals surface area contributed by atoms with Gasteiger partial charge in [0.2, 0.25) is 0 Å². The average molecular weight is 236 g/mol. The average Bonchev–Trinajstić information content (AvgIpc) is 2.48. The SMILES string of the molecule is COc1cnncc1B1OC(C)(C)C(C)(C)O1. The largest absolute Gasteiger partial charge is 0.500 e. The second-order valence-electron chi connectivity index (χ2n) is 5.10. The van der Waals surface area contributed by atoms with E-state index in [1.807, 2.05) is 27.7 Å². The normalized spacial score (nSPS) is 21.6. The van der Waals surface area contributed by atoms with Crippen LogP contribution in [0.4, 0.5) is 0 Å². The first-order chi connectivity index (χ1) is 7.87. The molecule has 0 aliphatic carbocycles. The molecule has 0 bridgehead atoms. The molecule has 0 atom stereocenters. The standard InChI is InChI=1S/C11H17BN2O3/c1-10(2)11(3,4)17-12(16-10)8-6-13-14-7-9(8)15-5/h6-7H,1-5H3. The first-order valence-corrected chi connectivity index (χ1v) is 5.57. The minimum absolute atomic E-state index is 0.369. The van der Waals surface area contributed by atoms with E-state index < -0.39 is 7.12 Å². The molecule has 6 heteroatoms. The Labute approximate surface area is 102 Å². The highest BCUT2D eigenvalue weighted by atomic mass is 16.7. The van der Waals surface area contributed by atoms with Gasteiger partial charge in [-0.1, -0.05) is 0 Å². The Morgan fingerprint density at radius 3 is 2.12 bits per heavy atom. The van der Waals surface area contributed by atoms with Crippen LogP contribution in [0.2, 0.25) is 0 Å². The van der Waals surface area contributed by atoms with Gasteiger partial charge in [0.15, 0.2) is 0 Å². The van der Waals surface area contributed by atoms with Crippen molar-refractivity contribution in [2.24, 2.45) is 0 Å². The summed E-state index contributed by atoms with van der Waals surface area (Å²) in [5, 5.41) is 7.62. The van der Waals surface area contributed by atoms with Crippen LogP contribution in [0.15, 0.2) is 12.4 Å². The van der Waals surface area contributed by atoms with Crippen LogP contribution in [0.1, 0.15) is 27.7 Å². The number of hydrogen-bond acceptors (Lipinski definition) is 5. The Kier molecular flexibility index (Phi) is 2.87.